The quantitative estimate of drug-likeness (QED) is 0.859. The van der Waals surface area contributed by atoms with Crippen LogP contribution in [0, 0.1) is 11.8 Å². The minimum Gasteiger partial charge on any atom is -0.326 e. The predicted octanol–water partition coefficient (Wildman–Crippen LogP) is 0.731. The third-order valence-electron chi connectivity index (χ3n) is 3.75. The zero-order valence-corrected chi connectivity index (χ0v) is 13.3. The van der Waals surface area contributed by atoms with E-state index in [1.807, 2.05) is 6.92 Å². The van der Waals surface area contributed by atoms with Crippen LogP contribution in [0.15, 0.2) is 29.2 Å². The number of carbonyl (C=O) groups excluding carboxylic acids is 1. The van der Waals surface area contributed by atoms with Gasteiger partial charge in [-0.05, 0) is 36.7 Å². The molecule has 1 fully saturated rings. The standard InChI is InChI=1S/C14H21N3O3S/c1-10-8-15-9-13(10)14(18)16-11-4-6-12(7-5-11)21(19,20)17(2)3/h4-7,10,13,15H,8-9H2,1-3H3,(H,16,18). The van der Waals surface area contributed by atoms with Crippen LogP contribution in [0.1, 0.15) is 6.92 Å². The van der Waals surface area contributed by atoms with E-state index in [9.17, 15) is 13.2 Å². The topological polar surface area (TPSA) is 78.5 Å². The van der Waals surface area contributed by atoms with Crippen molar-refractivity contribution in [1.82, 2.24) is 9.62 Å². The van der Waals surface area contributed by atoms with E-state index >= 15 is 0 Å². The molecule has 1 aliphatic rings. The first-order chi connectivity index (χ1) is 9.82. The highest BCUT2D eigenvalue weighted by atomic mass is 32.2. The highest BCUT2D eigenvalue weighted by Crippen LogP contribution is 2.20. The molecule has 2 rings (SSSR count). The van der Waals surface area contributed by atoms with Gasteiger partial charge in [-0.15, -0.1) is 0 Å². The second-order valence-corrected chi connectivity index (χ2v) is 7.69. The van der Waals surface area contributed by atoms with Crippen LogP contribution in [0.2, 0.25) is 0 Å². The lowest BCUT2D eigenvalue weighted by molar-refractivity contribution is -0.120. The van der Waals surface area contributed by atoms with Gasteiger partial charge in [-0.1, -0.05) is 6.92 Å². The molecule has 1 saturated heterocycles. The number of benzene rings is 1. The summed E-state index contributed by atoms with van der Waals surface area (Å²) in [6.07, 6.45) is 0. The zero-order chi connectivity index (χ0) is 15.6. The van der Waals surface area contributed by atoms with Crippen molar-refractivity contribution in [2.75, 3.05) is 32.5 Å². The lowest BCUT2D eigenvalue weighted by Gasteiger charge is -2.15. The van der Waals surface area contributed by atoms with E-state index < -0.39 is 10.0 Å². The normalized spacial score (nSPS) is 22.5. The molecule has 0 radical (unpaired) electrons. The molecule has 21 heavy (non-hydrogen) atoms. The first-order valence-electron chi connectivity index (χ1n) is 6.86. The van der Waals surface area contributed by atoms with Crippen LogP contribution in [0.5, 0.6) is 0 Å². The summed E-state index contributed by atoms with van der Waals surface area (Å²) in [7, 11) is -0.465. The maximum atomic E-state index is 12.1. The summed E-state index contributed by atoms with van der Waals surface area (Å²) in [5.41, 5.74) is 0.608. The average Bonchev–Trinajstić information content (AvgIpc) is 2.85. The first kappa shape index (κ1) is 15.9. The summed E-state index contributed by atoms with van der Waals surface area (Å²) in [4.78, 5) is 12.3. The Kier molecular flexibility index (Phi) is 4.65. The minimum absolute atomic E-state index is 0.0317. The van der Waals surface area contributed by atoms with Crippen molar-refractivity contribution in [1.29, 1.82) is 0 Å². The third kappa shape index (κ3) is 3.42. The van der Waals surface area contributed by atoms with Crippen LogP contribution < -0.4 is 10.6 Å². The summed E-state index contributed by atoms with van der Waals surface area (Å²) < 4.78 is 25.1. The third-order valence-corrected chi connectivity index (χ3v) is 5.58. The molecule has 1 aromatic rings. The van der Waals surface area contributed by atoms with E-state index in [1.54, 1.807) is 12.1 Å². The maximum Gasteiger partial charge on any atom is 0.242 e. The number of sulfonamides is 1. The molecule has 0 aliphatic carbocycles. The van der Waals surface area contributed by atoms with E-state index in [0.717, 1.165) is 10.8 Å². The average molecular weight is 311 g/mol. The molecule has 2 unspecified atom stereocenters. The molecular formula is C14H21N3O3S. The van der Waals surface area contributed by atoms with Crippen molar-refractivity contribution < 1.29 is 13.2 Å². The molecule has 1 aromatic carbocycles. The number of nitrogens with one attached hydrogen (secondary N) is 2. The number of nitrogens with zero attached hydrogens (tertiary/aromatic N) is 1. The monoisotopic (exact) mass is 311 g/mol. The Hall–Kier alpha value is -1.44. The smallest absolute Gasteiger partial charge is 0.242 e. The van der Waals surface area contributed by atoms with Gasteiger partial charge in [0.2, 0.25) is 15.9 Å². The van der Waals surface area contributed by atoms with E-state index in [-0.39, 0.29) is 16.7 Å². The number of anilines is 1. The summed E-state index contributed by atoms with van der Waals surface area (Å²) in [5.74, 6) is 0.226. The molecular weight excluding hydrogens is 290 g/mol. The summed E-state index contributed by atoms with van der Waals surface area (Å²) in [6.45, 7) is 3.56. The summed E-state index contributed by atoms with van der Waals surface area (Å²) in [6, 6.07) is 6.23. The van der Waals surface area contributed by atoms with Crippen LogP contribution in [0.4, 0.5) is 5.69 Å². The number of hydrogen-bond acceptors (Lipinski definition) is 4. The Morgan fingerprint density at radius 1 is 1.24 bits per heavy atom. The molecule has 0 saturated carbocycles. The lowest BCUT2D eigenvalue weighted by Crippen LogP contribution is -2.27. The molecule has 7 heteroatoms. The molecule has 1 aliphatic heterocycles. The Morgan fingerprint density at radius 3 is 2.33 bits per heavy atom. The van der Waals surface area contributed by atoms with Crippen molar-refractivity contribution in [2.45, 2.75) is 11.8 Å². The molecule has 2 atom stereocenters. The minimum atomic E-state index is -3.44. The van der Waals surface area contributed by atoms with Crippen LogP contribution in [0.3, 0.4) is 0 Å². The molecule has 0 bridgehead atoms. The second kappa shape index (κ2) is 6.13. The number of rotatable bonds is 4. The number of hydrogen-bond donors (Lipinski definition) is 2. The molecule has 0 spiro atoms. The fraction of sp³-hybridized carbons (Fsp3) is 0.500. The van der Waals surface area contributed by atoms with Gasteiger partial charge in [0.1, 0.15) is 0 Å². The van der Waals surface area contributed by atoms with Gasteiger partial charge < -0.3 is 10.6 Å². The maximum absolute atomic E-state index is 12.1. The van der Waals surface area contributed by atoms with Crippen molar-refractivity contribution in [3.05, 3.63) is 24.3 Å². The van der Waals surface area contributed by atoms with Crippen LogP contribution in [-0.4, -0.2) is 45.8 Å². The van der Waals surface area contributed by atoms with Gasteiger partial charge in [-0.2, -0.15) is 0 Å². The van der Waals surface area contributed by atoms with Crippen LogP contribution >= 0.6 is 0 Å². The highest BCUT2D eigenvalue weighted by Gasteiger charge is 2.29. The SMILES string of the molecule is CC1CNCC1C(=O)Nc1ccc(S(=O)(=O)N(C)C)cc1. The van der Waals surface area contributed by atoms with Crippen LogP contribution in [-0.2, 0) is 14.8 Å². The molecule has 0 aromatic heterocycles. The van der Waals surface area contributed by atoms with Gasteiger partial charge in [0, 0.05) is 26.3 Å². The van der Waals surface area contributed by atoms with Gasteiger partial charge in [0.15, 0.2) is 0 Å². The van der Waals surface area contributed by atoms with Crippen molar-refractivity contribution in [3.63, 3.8) is 0 Å². The van der Waals surface area contributed by atoms with Gasteiger partial charge in [-0.3, -0.25) is 4.79 Å². The predicted molar refractivity (Wildman–Crippen MR) is 81.5 cm³/mol. The van der Waals surface area contributed by atoms with Gasteiger partial charge in [0.25, 0.3) is 0 Å². The largest absolute Gasteiger partial charge is 0.326 e. The fourth-order valence-corrected chi connectivity index (χ4v) is 3.22. The zero-order valence-electron chi connectivity index (χ0n) is 12.5. The summed E-state index contributed by atoms with van der Waals surface area (Å²) >= 11 is 0. The molecule has 2 N–H and O–H groups in total. The Labute approximate surface area is 125 Å². The van der Waals surface area contributed by atoms with Crippen LogP contribution in [0.25, 0.3) is 0 Å². The Morgan fingerprint density at radius 2 is 1.86 bits per heavy atom. The fourth-order valence-electron chi connectivity index (χ4n) is 2.32. The highest BCUT2D eigenvalue weighted by molar-refractivity contribution is 7.89. The van der Waals surface area contributed by atoms with Gasteiger partial charge in [-0.25, -0.2) is 12.7 Å². The Balaban J connectivity index is 2.08. The Bertz CT molecular complexity index is 611. The van der Waals surface area contributed by atoms with Crippen molar-refractivity contribution in [2.24, 2.45) is 11.8 Å². The van der Waals surface area contributed by atoms with Crippen molar-refractivity contribution >= 4 is 21.6 Å². The van der Waals surface area contributed by atoms with Gasteiger partial charge in [0.05, 0.1) is 10.8 Å². The van der Waals surface area contributed by atoms with E-state index in [0.29, 0.717) is 18.2 Å². The first-order valence-corrected chi connectivity index (χ1v) is 8.30. The molecule has 1 amide bonds. The number of carbonyl (C=O) groups is 1. The van der Waals surface area contributed by atoms with Crippen molar-refractivity contribution in [3.8, 4) is 0 Å². The van der Waals surface area contributed by atoms with Gasteiger partial charge >= 0.3 is 0 Å². The number of amides is 1. The molecule has 6 nitrogen and oxygen atoms in total. The lowest BCUT2D eigenvalue weighted by atomic mass is 9.97. The van der Waals surface area contributed by atoms with E-state index in [4.69, 9.17) is 0 Å². The molecule has 116 valence electrons. The second-order valence-electron chi connectivity index (χ2n) is 5.54. The van der Waals surface area contributed by atoms with E-state index in [2.05, 4.69) is 10.6 Å². The summed E-state index contributed by atoms with van der Waals surface area (Å²) in [5, 5.41) is 6.02. The van der Waals surface area contributed by atoms with E-state index in [1.165, 1.54) is 26.2 Å². The molecule has 1 heterocycles.